The van der Waals surface area contributed by atoms with Gasteiger partial charge in [-0.05, 0) is 6.07 Å². The van der Waals surface area contributed by atoms with Crippen LogP contribution in [-0.4, -0.2) is 49.9 Å². The monoisotopic (exact) mass is 325 g/mol. The smallest absolute Gasteiger partial charge is 0.254 e. The van der Waals surface area contributed by atoms with Crippen LogP contribution in [0.4, 0.5) is 0 Å². The molecule has 0 spiro atoms. The molecule has 0 aliphatic carbocycles. The molecule has 0 aromatic heterocycles. The van der Waals surface area contributed by atoms with Gasteiger partial charge >= 0.3 is 0 Å². The fraction of sp³-hybridized carbons (Fsp3) is 0.385. The molecule has 1 amide bonds. The molecule has 102 valence electrons. The number of nitrogens with one attached hydrogen (secondary N) is 1. The van der Waals surface area contributed by atoms with E-state index >= 15 is 0 Å². The first-order valence-corrected chi connectivity index (χ1v) is 6.91. The van der Waals surface area contributed by atoms with E-state index in [9.17, 15) is 4.79 Å². The fourth-order valence-corrected chi connectivity index (χ4v) is 2.14. The maximum atomic E-state index is 11.7. The number of carbonyl (C=O) groups excluding carboxylic acids is 1. The lowest BCUT2D eigenvalue weighted by atomic mass is 10.2. The second-order valence-corrected chi connectivity index (χ2v) is 5.06. The van der Waals surface area contributed by atoms with Crippen molar-refractivity contribution in [2.45, 2.75) is 0 Å². The molecule has 19 heavy (non-hydrogen) atoms. The lowest BCUT2D eigenvalue weighted by Crippen LogP contribution is -2.42. The Morgan fingerprint density at radius 2 is 2.16 bits per heavy atom. The summed E-state index contributed by atoms with van der Waals surface area (Å²) in [5.41, 5.74) is 3.46. The van der Waals surface area contributed by atoms with Crippen molar-refractivity contribution in [3.05, 3.63) is 34.3 Å². The molecular weight excluding hydrogens is 310 g/mol. The van der Waals surface area contributed by atoms with Crippen molar-refractivity contribution in [3.63, 3.8) is 0 Å². The lowest BCUT2D eigenvalue weighted by Gasteiger charge is -2.25. The summed E-state index contributed by atoms with van der Waals surface area (Å²) in [6, 6.07) is 7.69. The third-order valence-corrected chi connectivity index (χ3v) is 3.49. The quantitative estimate of drug-likeness (QED) is 0.669. The largest absolute Gasteiger partial charge is 0.379 e. The lowest BCUT2D eigenvalue weighted by molar-refractivity contribution is -0.123. The van der Waals surface area contributed by atoms with Crippen molar-refractivity contribution in [1.29, 1.82) is 0 Å². The number of rotatable bonds is 4. The highest BCUT2D eigenvalue weighted by Crippen LogP contribution is 2.13. The average molecular weight is 326 g/mol. The zero-order chi connectivity index (χ0) is 13.5. The number of nitrogens with zero attached hydrogens (tertiary/aromatic N) is 2. The number of halogens is 1. The summed E-state index contributed by atoms with van der Waals surface area (Å²) in [5, 5.41) is 3.96. The van der Waals surface area contributed by atoms with Crippen LogP contribution in [0.15, 0.2) is 33.8 Å². The van der Waals surface area contributed by atoms with Gasteiger partial charge in [-0.15, -0.1) is 0 Å². The average Bonchev–Trinajstić information content (AvgIpc) is 2.42. The molecule has 1 aromatic rings. The van der Waals surface area contributed by atoms with Crippen molar-refractivity contribution < 1.29 is 9.53 Å². The summed E-state index contributed by atoms with van der Waals surface area (Å²) >= 11 is 3.42. The Labute approximate surface area is 120 Å². The third-order valence-electron chi connectivity index (χ3n) is 2.77. The number of carbonyl (C=O) groups is 1. The Kier molecular flexibility index (Phi) is 5.50. The first-order chi connectivity index (χ1) is 9.25. The predicted octanol–water partition coefficient (Wildman–Crippen LogP) is 1.23. The van der Waals surface area contributed by atoms with Gasteiger partial charge < -0.3 is 4.74 Å². The second-order valence-electron chi connectivity index (χ2n) is 4.20. The molecule has 1 aliphatic heterocycles. The molecule has 1 N–H and O–H groups in total. The molecule has 1 saturated heterocycles. The van der Waals surface area contributed by atoms with Crippen molar-refractivity contribution in [2.75, 3.05) is 32.8 Å². The van der Waals surface area contributed by atoms with Crippen molar-refractivity contribution in [1.82, 2.24) is 10.3 Å². The number of amides is 1. The van der Waals surface area contributed by atoms with Crippen LogP contribution in [0, 0.1) is 0 Å². The van der Waals surface area contributed by atoms with E-state index in [0.717, 1.165) is 23.1 Å². The van der Waals surface area contributed by atoms with E-state index in [0.29, 0.717) is 19.8 Å². The Balaban J connectivity index is 1.78. The summed E-state index contributed by atoms with van der Waals surface area (Å²) in [6.07, 6.45) is 1.63. The molecule has 2 rings (SSSR count). The zero-order valence-corrected chi connectivity index (χ0v) is 12.1. The molecule has 1 heterocycles. The van der Waals surface area contributed by atoms with E-state index in [-0.39, 0.29) is 5.91 Å². The van der Waals surface area contributed by atoms with Gasteiger partial charge in [0.2, 0.25) is 0 Å². The Morgan fingerprint density at radius 1 is 1.42 bits per heavy atom. The number of hydrogen-bond acceptors (Lipinski definition) is 4. The molecule has 0 radical (unpaired) electrons. The minimum Gasteiger partial charge on any atom is -0.379 e. The second kappa shape index (κ2) is 7.37. The van der Waals surface area contributed by atoms with E-state index in [1.54, 1.807) is 6.21 Å². The predicted molar refractivity (Wildman–Crippen MR) is 77.1 cm³/mol. The zero-order valence-electron chi connectivity index (χ0n) is 10.5. The maximum Gasteiger partial charge on any atom is 0.254 e. The number of benzene rings is 1. The van der Waals surface area contributed by atoms with Crippen molar-refractivity contribution in [3.8, 4) is 0 Å². The van der Waals surface area contributed by atoms with E-state index in [4.69, 9.17) is 4.74 Å². The van der Waals surface area contributed by atoms with E-state index in [2.05, 4.69) is 26.5 Å². The van der Waals surface area contributed by atoms with Crippen molar-refractivity contribution in [2.24, 2.45) is 5.10 Å². The first kappa shape index (κ1) is 14.2. The van der Waals surface area contributed by atoms with Crippen LogP contribution >= 0.6 is 15.9 Å². The fourth-order valence-electron chi connectivity index (χ4n) is 1.75. The molecule has 0 bridgehead atoms. The highest BCUT2D eigenvalue weighted by atomic mass is 79.9. The minimum absolute atomic E-state index is 0.106. The summed E-state index contributed by atoms with van der Waals surface area (Å²) in [4.78, 5) is 13.7. The van der Waals surface area contributed by atoms with E-state index < -0.39 is 0 Å². The van der Waals surface area contributed by atoms with Crippen LogP contribution in [0.3, 0.4) is 0 Å². The normalized spacial score (nSPS) is 16.7. The van der Waals surface area contributed by atoms with Gasteiger partial charge in [-0.25, -0.2) is 5.43 Å². The molecule has 0 saturated carbocycles. The SMILES string of the molecule is O=C(CN1CCOCC1)N/N=C/c1ccccc1Br. The van der Waals surface area contributed by atoms with Gasteiger partial charge in [-0.2, -0.15) is 5.10 Å². The summed E-state index contributed by atoms with van der Waals surface area (Å²) in [7, 11) is 0. The van der Waals surface area contributed by atoms with Crippen molar-refractivity contribution >= 4 is 28.1 Å². The van der Waals surface area contributed by atoms with Crippen LogP contribution < -0.4 is 5.43 Å². The van der Waals surface area contributed by atoms with E-state index in [1.165, 1.54) is 0 Å². The Hall–Kier alpha value is -1.24. The van der Waals surface area contributed by atoms with Gasteiger partial charge in [0, 0.05) is 23.1 Å². The minimum atomic E-state index is -0.106. The molecule has 0 atom stereocenters. The summed E-state index contributed by atoms with van der Waals surface area (Å²) in [5.74, 6) is -0.106. The molecule has 5 nitrogen and oxygen atoms in total. The van der Waals surface area contributed by atoms with Crippen LogP contribution in [0.25, 0.3) is 0 Å². The van der Waals surface area contributed by atoms with Gasteiger partial charge in [0.15, 0.2) is 0 Å². The molecule has 0 unspecified atom stereocenters. The van der Waals surface area contributed by atoms with Crippen LogP contribution in [0.2, 0.25) is 0 Å². The van der Waals surface area contributed by atoms with E-state index in [1.807, 2.05) is 29.2 Å². The summed E-state index contributed by atoms with van der Waals surface area (Å²) < 4.78 is 6.17. The Bertz CT molecular complexity index is 459. The molecule has 1 fully saturated rings. The highest BCUT2D eigenvalue weighted by molar-refractivity contribution is 9.10. The molecule has 1 aromatic carbocycles. The third kappa shape index (κ3) is 4.74. The number of hydrogen-bond donors (Lipinski definition) is 1. The van der Waals surface area contributed by atoms with Gasteiger partial charge in [0.05, 0.1) is 26.0 Å². The first-order valence-electron chi connectivity index (χ1n) is 6.12. The molecule has 1 aliphatic rings. The van der Waals surface area contributed by atoms with Gasteiger partial charge in [-0.3, -0.25) is 9.69 Å². The standard InChI is InChI=1S/C13H16BrN3O2/c14-12-4-2-1-3-11(12)9-15-16-13(18)10-17-5-7-19-8-6-17/h1-4,9H,5-8,10H2,(H,16,18)/b15-9+. The number of hydrazone groups is 1. The number of morpholine rings is 1. The van der Waals surface area contributed by atoms with Gasteiger partial charge in [0.1, 0.15) is 0 Å². The van der Waals surface area contributed by atoms with Crippen LogP contribution in [-0.2, 0) is 9.53 Å². The molecular formula is C13H16BrN3O2. The Morgan fingerprint density at radius 3 is 2.89 bits per heavy atom. The molecule has 6 heteroatoms. The van der Waals surface area contributed by atoms with Gasteiger partial charge in [-0.1, -0.05) is 34.1 Å². The van der Waals surface area contributed by atoms with Crippen LogP contribution in [0.5, 0.6) is 0 Å². The maximum absolute atomic E-state index is 11.7. The van der Waals surface area contributed by atoms with Crippen LogP contribution in [0.1, 0.15) is 5.56 Å². The topological polar surface area (TPSA) is 53.9 Å². The number of ether oxygens (including phenoxy) is 1. The highest BCUT2D eigenvalue weighted by Gasteiger charge is 2.13. The van der Waals surface area contributed by atoms with Gasteiger partial charge in [0.25, 0.3) is 5.91 Å². The summed E-state index contributed by atoms with van der Waals surface area (Å²) in [6.45, 7) is 3.32.